The number of anilines is 1. The number of fused-ring (bicyclic) bond motifs is 1. The average Bonchev–Trinajstić information content (AvgIpc) is 3.46. The van der Waals surface area contributed by atoms with Gasteiger partial charge in [0.25, 0.3) is 5.78 Å². The predicted octanol–water partition coefficient (Wildman–Crippen LogP) is 2.87. The Morgan fingerprint density at radius 3 is 2.52 bits per heavy atom. The molecule has 11 nitrogen and oxygen atoms in total. The van der Waals surface area contributed by atoms with Crippen LogP contribution in [-0.2, 0) is 22.4 Å². The first-order valence-electron chi connectivity index (χ1n) is 14.1. The number of benzene rings is 2. The van der Waals surface area contributed by atoms with Crippen molar-refractivity contribution in [3.05, 3.63) is 77.2 Å². The number of aryl methyl sites for hydroxylation is 1. The van der Waals surface area contributed by atoms with Crippen LogP contribution in [0.25, 0.3) is 5.78 Å². The summed E-state index contributed by atoms with van der Waals surface area (Å²) in [5, 5.41) is 10.5. The topological polar surface area (TPSA) is 123 Å². The number of amides is 2. The fourth-order valence-electron chi connectivity index (χ4n) is 5.53. The molecule has 1 aliphatic rings. The van der Waals surface area contributed by atoms with Gasteiger partial charge < -0.3 is 25.0 Å². The highest BCUT2D eigenvalue weighted by Crippen LogP contribution is 2.29. The van der Waals surface area contributed by atoms with Gasteiger partial charge in [0, 0.05) is 56.2 Å². The van der Waals surface area contributed by atoms with Crippen molar-refractivity contribution in [3.8, 4) is 11.5 Å². The molecule has 42 heavy (non-hydrogen) atoms. The molecular formula is C31H37N7O4. The monoisotopic (exact) mass is 571 g/mol. The summed E-state index contributed by atoms with van der Waals surface area (Å²) in [5.74, 6) is 2.33. The quantitative estimate of drug-likeness (QED) is 0.298. The molecule has 1 aliphatic heterocycles. The Labute approximate surface area is 245 Å². The molecule has 0 saturated carbocycles. The number of carbonyl (C=O) groups is 2. The SMILES string of the molecule is COc1ccc(CC(NC(C)=O)C(=O)NC2CCN(c3c(Cc4ccccc4)c(C)nc4ncnn34)CC2)c(OC)c1. The first-order chi connectivity index (χ1) is 20.4. The van der Waals surface area contributed by atoms with Gasteiger partial charge >= 0.3 is 0 Å². The molecule has 2 amide bonds. The Morgan fingerprint density at radius 2 is 1.83 bits per heavy atom. The summed E-state index contributed by atoms with van der Waals surface area (Å²) in [4.78, 5) is 36.8. The molecule has 0 aliphatic carbocycles. The van der Waals surface area contributed by atoms with E-state index in [1.165, 1.54) is 18.8 Å². The molecule has 3 heterocycles. The van der Waals surface area contributed by atoms with E-state index in [1.54, 1.807) is 20.3 Å². The van der Waals surface area contributed by atoms with Gasteiger partial charge in [-0.15, -0.1) is 0 Å². The third kappa shape index (κ3) is 6.45. The van der Waals surface area contributed by atoms with Crippen LogP contribution in [0.3, 0.4) is 0 Å². The molecule has 2 aromatic carbocycles. The van der Waals surface area contributed by atoms with Gasteiger partial charge in [-0.05, 0) is 37.0 Å². The van der Waals surface area contributed by atoms with Gasteiger partial charge in [0.15, 0.2) is 0 Å². The van der Waals surface area contributed by atoms with E-state index in [0.717, 1.165) is 55.0 Å². The fourth-order valence-corrected chi connectivity index (χ4v) is 5.53. The van der Waals surface area contributed by atoms with Gasteiger partial charge in [0.2, 0.25) is 11.8 Å². The molecule has 4 aromatic rings. The minimum Gasteiger partial charge on any atom is -0.497 e. The summed E-state index contributed by atoms with van der Waals surface area (Å²) in [6.07, 6.45) is 4.04. The molecule has 0 spiro atoms. The smallest absolute Gasteiger partial charge is 0.254 e. The zero-order chi connectivity index (χ0) is 29.6. The zero-order valence-corrected chi connectivity index (χ0v) is 24.5. The Hall–Kier alpha value is -4.67. The van der Waals surface area contributed by atoms with Crippen molar-refractivity contribution >= 4 is 23.4 Å². The largest absolute Gasteiger partial charge is 0.497 e. The van der Waals surface area contributed by atoms with E-state index in [0.29, 0.717) is 23.7 Å². The summed E-state index contributed by atoms with van der Waals surface area (Å²) >= 11 is 0. The van der Waals surface area contributed by atoms with E-state index in [4.69, 9.17) is 14.5 Å². The Balaban J connectivity index is 1.30. The van der Waals surface area contributed by atoms with Crippen molar-refractivity contribution in [2.24, 2.45) is 0 Å². The molecule has 5 rings (SSSR count). The van der Waals surface area contributed by atoms with Gasteiger partial charge in [-0.2, -0.15) is 14.6 Å². The number of methoxy groups -OCH3 is 2. The number of ether oxygens (including phenoxy) is 2. The van der Waals surface area contributed by atoms with Gasteiger partial charge in [-0.25, -0.2) is 4.98 Å². The highest BCUT2D eigenvalue weighted by molar-refractivity contribution is 5.87. The number of piperidine rings is 1. The summed E-state index contributed by atoms with van der Waals surface area (Å²) in [7, 11) is 3.16. The molecule has 0 bridgehead atoms. The van der Waals surface area contributed by atoms with Crippen molar-refractivity contribution in [1.29, 1.82) is 0 Å². The lowest BCUT2D eigenvalue weighted by molar-refractivity contribution is -0.128. The van der Waals surface area contributed by atoms with Crippen LogP contribution in [0.15, 0.2) is 54.9 Å². The Bertz CT molecular complexity index is 1550. The summed E-state index contributed by atoms with van der Waals surface area (Å²) in [5.41, 5.74) is 4.04. The lowest BCUT2D eigenvalue weighted by atomic mass is 9.99. The fraction of sp³-hybridized carbons (Fsp3) is 0.387. The normalized spacial score (nSPS) is 14.4. The number of aromatic nitrogens is 4. The molecular weight excluding hydrogens is 534 g/mol. The van der Waals surface area contributed by atoms with Crippen LogP contribution in [0.4, 0.5) is 5.82 Å². The highest BCUT2D eigenvalue weighted by atomic mass is 16.5. The maximum Gasteiger partial charge on any atom is 0.254 e. The molecule has 220 valence electrons. The summed E-state index contributed by atoms with van der Waals surface area (Å²) in [6.45, 7) is 4.88. The third-order valence-corrected chi connectivity index (χ3v) is 7.68. The second kappa shape index (κ2) is 12.9. The maximum atomic E-state index is 13.4. The van der Waals surface area contributed by atoms with Crippen LogP contribution in [0.1, 0.15) is 42.1 Å². The van der Waals surface area contributed by atoms with Crippen LogP contribution in [-0.4, -0.2) is 70.8 Å². The number of nitrogens with one attached hydrogen (secondary N) is 2. The first-order valence-corrected chi connectivity index (χ1v) is 14.1. The van der Waals surface area contributed by atoms with E-state index in [1.807, 2.05) is 41.8 Å². The highest BCUT2D eigenvalue weighted by Gasteiger charge is 2.29. The minimum absolute atomic E-state index is 0.0329. The third-order valence-electron chi connectivity index (χ3n) is 7.68. The van der Waals surface area contributed by atoms with E-state index in [-0.39, 0.29) is 17.9 Å². The second-order valence-corrected chi connectivity index (χ2v) is 10.5. The standard InChI is InChI=1S/C31H37N7O4/c1-20-26(16-22-8-6-5-7-9-22)30(38-31(34-20)32-19-33-38)37-14-12-24(13-15-37)36-29(40)27(35-21(2)39)17-23-10-11-25(41-3)18-28(23)42-4/h5-11,18-19,24,27H,12-17H2,1-4H3,(H,35,39)(H,36,40). The number of hydrogen-bond donors (Lipinski definition) is 2. The van der Waals surface area contributed by atoms with Crippen LogP contribution < -0.4 is 25.0 Å². The zero-order valence-electron chi connectivity index (χ0n) is 24.5. The molecule has 0 radical (unpaired) electrons. The molecule has 2 N–H and O–H groups in total. The van der Waals surface area contributed by atoms with E-state index in [9.17, 15) is 9.59 Å². The van der Waals surface area contributed by atoms with Crippen LogP contribution in [0.2, 0.25) is 0 Å². The number of hydrogen-bond acceptors (Lipinski definition) is 8. The molecule has 1 atom stereocenters. The lowest BCUT2D eigenvalue weighted by Gasteiger charge is -2.35. The maximum absolute atomic E-state index is 13.4. The van der Waals surface area contributed by atoms with Crippen LogP contribution in [0.5, 0.6) is 11.5 Å². The minimum atomic E-state index is -0.738. The average molecular weight is 572 g/mol. The number of carbonyl (C=O) groups excluding carboxylic acids is 2. The summed E-state index contributed by atoms with van der Waals surface area (Å²) < 4.78 is 12.6. The van der Waals surface area contributed by atoms with Gasteiger partial charge in [-0.1, -0.05) is 36.4 Å². The van der Waals surface area contributed by atoms with Crippen molar-refractivity contribution in [1.82, 2.24) is 30.2 Å². The van der Waals surface area contributed by atoms with E-state index >= 15 is 0 Å². The molecule has 11 heteroatoms. The molecule has 1 fully saturated rings. The van der Waals surface area contributed by atoms with Crippen molar-refractivity contribution in [2.45, 2.75) is 51.6 Å². The van der Waals surface area contributed by atoms with Crippen molar-refractivity contribution in [2.75, 3.05) is 32.2 Å². The molecule has 1 saturated heterocycles. The van der Waals surface area contributed by atoms with E-state index < -0.39 is 6.04 Å². The molecule has 2 aromatic heterocycles. The summed E-state index contributed by atoms with van der Waals surface area (Å²) in [6, 6.07) is 15.0. The number of nitrogens with zero attached hydrogens (tertiary/aromatic N) is 5. The molecule has 1 unspecified atom stereocenters. The Morgan fingerprint density at radius 1 is 1.07 bits per heavy atom. The number of rotatable bonds is 10. The van der Waals surface area contributed by atoms with Gasteiger partial charge in [0.1, 0.15) is 29.7 Å². The van der Waals surface area contributed by atoms with Crippen LogP contribution >= 0.6 is 0 Å². The van der Waals surface area contributed by atoms with Crippen molar-refractivity contribution in [3.63, 3.8) is 0 Å². The van der Waals surface area contributed by atoms with Crippen LogP contribution in [0, 0.1) is 6.92 Å². The van der Waals surface area contributed by atoms with E-state index in [2.05, 4.69) is 37.7 Å². The van der Waals surface area contributed by atoms with Gasteiger partial charge in [0.05, 0.1) is 14.2 Å². The lowest BCUT2D eigenvalue weighted by Crippen LogP contribution is -2.52. The van der Waals surface area contributed by atoms with Crippen molar-refractivity contribution < 1.29 is 19.1 Å². The predicted molar refractivity (Wildman–Crippen MR) is 159 cm³/mol. The Kier molecular flexibility index (Phi) is 8.85. The van der Waals surface area contributed by atoms with Gasteiger partial charge in [-0.3, -0.25) is 9.59 Å². The second-order valence-electron chi connectivity index (χ2n) is 10.5. The first kappa shape index (κ1) is 28.8.